The van der Waals surface area contributed by atoms with Crippen LogP contribution in [0.15, 0.2) is 0 Å². The van der Waals surface area contributed by atoms with Gasteiger partial charge in [0.05, 0.1) is 6.54 Å². The van der Waals surface area contributed by atoms with Crippen LogP contribution in [0.25, 0.3) is 0 Å². The van der Waals surface area contributed by atoms with Crippen LogP contribution in [0, 0.1) is 0 Å². The van der Waals surface area contributed by atoms with E-state index >= 15 is 0 Å². The second kappa shape index (κ2) is 44.4. The third-order valence-electron chi connectivity index (χ3n) is 10.1. The first kappa shape index (κ1) is 54.8. The lowest BCUT2D eigenvalue weighted by Gasteiger charge is -2.19. The highest BCUT2D eigenvalue weighted by atomic mass is 32.3. The van der Waals surface area contributed by atoms with Crippen molar-refractivity contribution in [2.75, 3.05) is 39.5 Å². The van der Waals surface area contributed by atoms with E-state index in [0.29, 0.717) is 45.6 Å². The van der Waals surface area contributed by atoms with E-state index in [1.807, 2.05) is 0 Å². The number of unbranched alkanes of at least 4 members (excludes halogenated alkanes) is 28. The van der Waals surface area contributed by atoms with E-state index in [1.165, 1.54) is 172 Å². The molecule has 0 radical (unpaired) electrons. The number of quaternary nitrogens is 1. The Bertz CT molecular complexity index is 828. The number of hydrogen-bond acceptors (Lipinski definition) is 8. The fourth-order valence-electron chi connectivity index (χ4n) is 6.75. The zero-order valence-electron chi connectivity index (χ0n) is 35.2. The molecule has 0 unspecified atom stereocenters. The molecule has 0 spiro atoms. The van der Waals surface area contributed by atoms with E-state index in [-0.39, 0.29) is 18.5 Å². The molecule has 11 heteroatoms. The van der Waals surface area contributed by atoms with E-state index in [1.54, 1.807) is 0 Å². The summed E-state index contributed by atoms with van der Waals surface area (Å²) in [6.45, 7) is 7.60. The lowest BCUT2D eigenvalue weighted by molar-refractivity contribution is -0.900. The molecule has 0 rings (SSSR count). The van der Waals surface area contributed by atoms with Gasteiger partial charge in [-0.05, 0) is 12.8 Å². The van der Waals surface area contributed by atoms with Gasteiger partial charge >= 0.3 is 11.9 Å². The minimum absolute atomic E-state index is 0.105. The second-order valence-corrected chi connectivity index (χ2v) is 16.2. The summed E-state index contributed by atoms with van der Waals surface area (Å²) >= 11 is 0. The maximum absolute atomic E-state index is 12.2. The van der Waals surface area contributed by atoms with E-state index in [4.69, 9.17) is 27.0 Å². The number of aliphatic hydroxyl groups excluding tert-OH is 1. The smallest absolute Gasteiger partial charge is 0.305 e. The second-order valence-electron chi connectivity index (χ2n) is 15.3. The minimum atomic E-state index is -4.92. The monoisotopic (exact) mass is 794 g/mol. The third kappa shape index (κ3) is 52.8. The zero-order chi connectivity index (χ0) is 40.2. The molecule has 324 valence electrons. The Balaban J connectivity index is 0. The summed E-state index contributed by atoms with van der Waals surface area (Å²) in [7, 11) is -4.92. The number of carbonyl (C=O) groups is 2. The molecule has 0 aromatic rings. The van der Waals surface area contributed by atoms with Crippen LogP contribution in [0.4, 0.5) is 0 Å². The molecule has 0 bridgehead atoms. The molecule has 0 aliphatic heterocycles. The van der Waals surface area contributed by atoms with Gasteiger partial charge in [0, 0.05) is 25.9 Å². The van der Waals surface area contributed by atoms with Crippen LogP contribution >= 0.6 is 0 Å². The van der Waals surface area contributed by atoms with Crippen molar-refractivity contribution in [3.63, 3.8) is 0 Å². The lowest BCUT2D eigenvalue weighted by Crippen LogP contribution is -3.13. The number of aliphatic hydroxyl groups is 1. The van der Waals surface area contributed by atoms with E-state index in [9.17, 15) is 14.7 Å². The van der Waals surface area contributed by atoms with Gasteiger partial charge in [-0.1, -0.05) is 194 Å². The first-order chi connectivity index (χ1) is 26.1. The minimum Gasteiger partial charge on any atom is -0.726 e. The number of ether oxygens (including phenoxy) is 2. The van der Waals surface area contributed by atoms with E-state index in [0.717, 1.165) is 32.2 Å². The molecular formula is C43H87NO9S. The van der Waals surface area contributed by atoms with E-state index in [2.05, 4.69) is 13.8 Å². The highest BCUT2D eigenvalue weighted by Crippen LogP contribution is 2.15. The third-order valence-corrected chi connectivity index (χ3v) is 10.1. The first-order valence-corrected chi connectivity index (χ1v) is 23.9. The topological polar surface area (TPSA) is 155 Å². The van der Waals surface area contributed by atoms with Gasteiger partial charge < -0.3 is 24.0 Å². The number of esters is 2. The Kier molecular flexibility index (Phi) is 45.1. The predicted octanol–water partition coefficient (Wildman–Crippen LogP) is 9.87. The van der Waals surface area contributed by atoms with Crippen molar-refractivity contribution in [1.82, 2.24) is 0 Å². The van der Waals surface area contributed by atoms with Crippen molar-refractivity contribution in [2.45, 2.75) is 226 Å². The molecule has 0 aliphatic rings. The molecule has 10 nitrogen and oxygen atoms in total. The zero-order valence-corrected chi connectivity index (χ0v) is 36.1. The molecule has 0 atom stereocenters. The normalized spacial score (nSPS) is 11.4. The van der Waals surface area contributed by atoms with Gasteiger partial charge in [0.1, 0.15) is 26.3 Å². The summed E-state index contributed by atoms with van der Waals surface area (Å²) in [6, 6.07) is 0. The Morgan fingerprint density at radius 1 is 0.463 bits per heavy atom. The van der Waals surface area contributed by atoms with Gasteiger partial charge in [-0.25, -0.2) is 8.42 Å². The molecule has 0 aromatic carbocycles. The van der Waals surface area contributed by atoms with Crippen molar-refractivity contribution < 1.29 is 46.6 Å². The fourth-order valence-corrected chi connectivity index (χ4v) is 6.75. The van der Waals surface area contributed by atoms with Crippen LogP contribution in [0.5, 0.6) is 0 Å². The summed E-state index contributed by atoms with van der Waals surface area (Å²) in [6.07, 6.45) is 41.2. The molecule has 0 aromatic heterocycles. The number of nitrogens with one attached hydrogen (secondary N) is 1. The lowest BCUT2D eigenvalue weighted by atomic mass is 10.0. The SMILES string of the molecule is CCCCCCCCCCCCCCCCCC(=O)OCC[NH+](CCCO)CCOC(=O)CCCCCCCCCCCCCCCCC.O=S(=O)([O-])O. The summed E-state index contributed by atoms with van der Waals surface area (Å²) in [5.41, 5.74) is 0. The summed E-state index contributed by atoms with van der Waals surface area (Å²) in [4.78, 5) is 25.6. The van der Waals surface area contributed by atoms with Crippen LogP contribution in [-0.4, -0.2) is 74.0 Å². The molecule has 0 aliphatic carbocycles. The molecule has 0 saturated carbocycles. The molecule has 0 heterocycles. The van der Waals surface area contributed by atoms with Crippen LogP contribution in [-0.2, 0) is 29.5 Å². The van der Waals surface area contributed by atoms with Crippen LogP contribution in [0.3, 0.4) is 0 Å². The highest BCUT2D eigenvalue weighted by Gasteiger charge is 2.12. The number of rotatable bonds is 41. The molecular weight excluding hydrogens is 707 g/mol. The van der Waals surface area contributed by atoms with Gasteiger partial charge in [-0.3, -0.25) is 14.1 Å². The maximum Gasteiger partial charge on any atom is 0.305 e. The standard InChI is InChI=1S/C43H85NO5.H2O4S/c1-3-5-7-9-11-13-15-17-19-21-23-25-27-29-31-34-42(46)48-40-37-44(36-33-39-45)38-41-49-43(47)35-32-30-28-26-24-22-20-18-16-14-12-10-8-6-4-2;1-5(2,3)4/h45H,3-41H2,1-2H3;(H2,1,2,3,4). The summed E-state index contributed by atoms with van der Waals surface area (Å²) in [5, 5.41) is 9.28. The van der Waals surface area contributed by atoms with Crippen molar-refractivity contribution in [3.8, 4) is 0 Å². The Labute approximate surface area is 333 Å². The maximum atomic E-state index is 12.2. The van der Waals surface area contributed by atoms with Gasteiger partial charge in [-0.2, -0.15) is 0 Å². The Morgan fingerprint density at radius 3 is 0.944 bits per heavy atom. The molecule has 0 amide bonds. The predicted molar refractivity (Wildman–Crippen MR) is 221 cm³/mol. The Hall–Kier alpha value is -1.27. The molecule has 3 N–H and O–H groups in total. The van der Waals surface area contributed by atoms with Crippen molar-refractivity contribution in [1.29, 1.82) is 0 Å². The van der Waals surface area contributed by atoms with Gasteiger partial charge in [0.15, 0.2) is 0 Å². The summed E-state index contributed by atoms with van der Waals surface area (Å²) in [5.74, 6) is -0.211. The molecule has 54 heavy (non-hydrogen) atoms. The quantitative estimate of drug-likeness (QED) is 0.0237. The van der Waals surface area contributed by atoms with Gasteiger partial charge in [0.2, 0.25) is 10.4 Å². The highest BCUT2D eigenvalue weighted by molar-refractivity contribution is 7.79. The van der Waals surface area contributed by atoms with Crippen molar-refractivity contribution >= 4 is 22.3 Å². The molecule has 0 fully saturated rings. The van der Waals surface area contributed by atoms with Crippen LogP contribution < -0.4 is 4.90 Å². The van der Waals surface area contributed by atoms with Crippen molar-refractivity contribution in [2.24, 2.45) is 0 Å². The fraction of sp³-hybridized carbons (Fsp3) is 0.953. The van der Waals surface area contributed by atoms with Gasteiger partial charge in [0.25, 0.3) is 0 Å². The van der Waals surface area contributed by atoms with Crippen LogP contribution in [0.2, 0.25) is 0 Å². The van der Waals surface area contributed by atoms with Gasteiger partial charge in [-0.15, -0.1) is 0 Å². The largest absolute Gasteiger partial charge is 0.726 e. The average Bonchev–Trinajstić information content (AvgIpc) is 3.12. The Morgan fingerprint density at radius 2 is 0.704 bits per heavy atom. The van der Waals surface area contributed by atoms with Crippen molar-refractivity contribution in [3.05, 3.63) is 0 Å². The van der Waals surface area contributed by atoms with E-state index < -0.39 is 10.4 Å². The summed E-state index contributed by atoms with van der Waals surface area (Å²) < 4.78 is 43.8. The average molecular weight is 794 g/mol. The first-order valence-electron chi connectivity index (χ1n) is 22.6. The van der Waals surface area contributed by atoms with Crippen LogP contribution in [0.1, 0.15) is 226 Å². The number of carbonyl (C=O) groups excluding carboxylic acids is 2. The number of hydrogen-bond donors (Lipinski definition) is 3. The molecule has 0 saturated heterocycles.